The molecule has 0 fully saturated rings. The average molecular weight is 124 g/mol. The van der Waals surface area contributed by atoms with Gasteiger partial charge in [-0.15, -0.1) is 0 Å². The molecule has 9 heavy (non-hydrogen) atoms. The van der Waals surface area contributed by atoms with Crippen molar-refractivity contribution in [2.45, 2.75) is 13.3 Å². The molecule has 0 aliphatic carbocycles. The second-order valence-corrected chi connectivity index (χ2v) is 1.56. The van der Waals surface area contributed by atoms with Gasteiger partial charge in [0.1, 0.15) is 0 Å². The molecule has 0 aromatic heterocycles. The summed E-state index contributed by atoms with van der Waals surface area (Å²) in [7, 11) is 0. The number of hydrogen-bond donors (Lipinski definition) is 1. The van der Waals surface area contributed by atoms with Crippen LogP contribution in [0.4, 0.5) is 0 Å². The van der Waals surface area contributed by atoms with Crippen LogP contribution in [-0.4, -0.2) is 5.11 Å². The largest absolute Gasteiger partial charge is 0.516 e. The van der Waals surface area contributed by atoms with E-state index in [-0.39, 0.29) is 0 Å². The molecule has 0 saturated heterocycles. The highest BCUT2D eigenvalue weighted by molar-refractivity contribution is 5.09. The monoisotopic (exact) mass is 124 g/mol. The predicted octanol–water partition coefficient (Wildman–Crippen LogP) is 2.58. The summed E-state index contributed by atoms with van der Waals surface area (Å²) >= 11 is 0. The van der Waals surface area contributed by atoms with Crippen LogP contribution >= 0.6 is 0 Å². The molecule has 0 rings (SSSR count). The van der Waals surface area contributed by atoms with E-state index in [0.717, 1.165) is 12.7 Å². The molecule has 0 spiro atoms. The van der Waals surface area contributed by atoms with E-state index in [2.05, 4.69) is 6.92 Å². The average Bonchev–Trinajstić information content (AvgIpc) is 1.89. The lowest BCUT2D eigenvalue weighted by Gasteiger charge is -1.72. The zero-order chi connectivity index (χ0) is 6.95. The minimum absolute atomic E-state index is 1.01. The third kappa shape index (κ3) is 7.02. The maximum Gasteiger partial charge on any atom is 0.0791 e. The van der Waals surface area contributed by atoms with Crippen molar-refractivity contribution in [3.63, 3.8) is 0 Å². The quantitative estimate of drug-likeness (QED) is 0.453. The highest BCUT2D eigenvalue weighted by Gasteiger charge is 1.61. The molecule has 0 radical (unpaired) electrons. The highest BCUT2D eigenvalue weighted by atomic mass is 16.2. The fraction of sp³-hybridized carbons (Fsp3) is 0.250. The highest BCUT2D eigenvalue weighted by Crippen LogP contribution is 1.81. The molecule has 0 aliphatic heterocycles. The summed E-state index contributed by atoms with van der Waals surface area (Å²) in [4.78, 5) is 0. The molecule has 0 heterocycles. The van der Waals surface area contributed by atoms with Crippen molar-refractivity contribution < 1.29 is 5.11 Å². The summed E-state index contributed by atoms with van der Waals surface area (Å²) < 4.78 is 0. The first-order chi connectivity index (χ1) is 4.41. The summed E-state index contributed by atoms with van der Waals surface area (Å²) in [6, 6.07) is 0. The van der Waals surface area contributed by atoms with Crippen molar-refractivity contribution in [2.24, 2.45) is 0 Å². The van der Waals surface area contributed by atoms with E-state index in [1.165, 1.54) is 0 Å². The third-order valence-electron chi connectivity index (χ3n) is 0.791. The summed E-state index contributed by atoms with van der Waals surface area (Å²) in [6.45, 7) is 2.08. The van der Waals surface area contributed by atoms with Crippen molar-refractivity contribution in [3.05, 3.63) is 36.6 Å². The normalized spacial score (nSPS) is 12.6. The van der Waals surface area contributed by atoms with Gasteiger partial charge in [0.25, 0.3) is 0 Å². The molecule has 1 heteroatoms. The minimum atomic E-state index is 1.01. The Kier molecular flexibility index (Phi) is 6.26. The second kappa shape index (κ2) is 7.02. The van der Waals surface area contributed by atoms with Crippen LogP contribution in [0, 0.1) is 0 Å². The zero-order valence-electron chi connectivity index (χ0n) is 5.62. The van der Waals surface area contributed by atoms with Crippen LogP contribution in [0.25, 0.3) is 0 Å². The van der Waals surface area contributed by atoms with Gasteiger partial charge in [0.2, 0.25) is 0 Å². The molecule has 0 aromatic rings. The Hall–Kier alpha value is -0.980. The maximum absolute atomic E-state index is 8.17. The van der Waals surface area contributed by atoms with Crippen molar-refractivity contribution in [1.82, 2.24) is 0 Å². The third-order valence-corrected chi connectivity index (χ3v) is 0.791. The number of allylic oxidation sites excluding steroid dienone is 5. The number of aliphatic hydroxyl groups is 1. The Morgan fingerprint density at radius 1 is 1.11 bits per heavy atom. The van der Waals surface area contributed by atoms with Crippen molar-refractivity contribution in [1.29, 1.82) is 0 Å². The van der Waals surface area contributed by atoms with Crippen LogP contribution in [0.1, 0.15) is 13.3 Å². The predicted molar refractivity (Wildman–Crippen MR) is 40.3 cm³/mol. The van der Waals surface area contributed by atoms with E-state index in [1.807, 2.05) is 18.2 Å². The van der Waals surface area contributed by atoms with E-state index < -0.39 is 0 Å². The van der Waals surface area contributed by atoms with Gasteiger partial charge in [0.05, 0.1) is 6.26 Å². The van der Waals surface area contributed by atoms with E-state index in [4.69, 9.17) is 5.11 Å². The smallest absolute Gasteiger partial charge is 0.0791 e. The number of aliphatic hydroxyl groups excluding tert-OH is 1. The first-order valence-electron chi connectivity index (χ1n) is 3.04. The van der Waals surface area contributed by atoms with Crippen LogP contribution in [0.15, 0.2) is 36.6 Å². The van der Waals surface area contributed by atoms with Gasteiger partial charge >= 0.3 is 0 Å². The first kappa shape index (κ1) is 8.02. The molecule has 0 saturated carbocycles. The van der Waals surface area contributed by atoms with Crippen LogP contribution in [0.2, 0.25) is 0 Å². The lowest BCUT2D eigenvalue weighted by molar-refractivity contribution is 0.474. The van der Waals surface area contributed by atoms with Gasteiger partial charge in [0, 0.05) is 0 Å². The Labute approximate surface area is 56.0 Å². The summed E-state index contributed by atoms with van der Waals surface area (Å²) in [5.41, 5.74) is 0. The molecule has 0 aromatic carbocycles. The SMILES string of the molecule is CC/C=C/C=C/C=C/O. The molecule has 50 valence electrons. The van der Waals surface area contributed by atoms with Gasteiger partial charge in [-0.2, -0.15) is 0 Å². The van der Waals surface area contributed by atoms with Crippen LogP contribution in [0.3, 0.4) is 0 Å². The molecule has 0 amide bonds. The van der Waals surface area contributed by atoms with E-state index >= 15 is 0 Å². The number of hydrogen-bond acceptors (Lipinski definition) is 1. The molecular weight excluding hydrogens is 112 g/mol. The topological polar surface area (TPSA) is 20.2 Å². The molecule has 1 N–H and O–H groups in total. The molecule has 0 atom stereocenters. The van der Waals surface area contributed by atoms with Crippen LogP contribution in [-0.2, 0) is 0 Å². The van der Waals surface area contributed by atoms with E-state index in [0.29, 0.717) is 0 Å². The minimum Gasteiger partial charge on any atom is -0.516 e. The van der Waals surface area contributed by atoms with Gasteiger partial charge in [0.15, 0.2) is 0 Å². The van der Waals surface area contributed by atoms with Crippen LogP contribution < -0.4 is 0 Å². The van der Waals surface area contributed by atoms with Gasteiger partial charge in [-0.1, -0.05) is 31.2 Å². The Morgan fingerprint density at radius 3 is 2.33 bits per heavy atom. The van der Waals surface area contributed by atoms with Gasteiger partial charge in [-0.3, -0.25) is 0 Å². The zero-order valence-corrected chi connectivity index (χ0v) is 5.62. The Balaban J connectivity index is 3.35. The van der Waals surface area contributed by atoms with Crippen molar-refractivity contribution >= 4 is 0 Å². The standard InChI is InChI=1S/C8H12O/c1-2-3-4-5-6-7-8-9/h3-9H,2H2,1H3/b4-3+,6-5+,8-7+. The molecule has 0 unspecified atom stereocenters. The lowest BCUT2D eigenvalue weighted by atomic mass is 10.4. The fourth-order valence-corrected chi connectivity index (χ4v) is 0.393. The number of rotatable bonds is 3. The van der Waals surface area contributed by atoms with Crippen molar-refractivity contribution in [2.75, 3.05) is 0 Å². The first-order valence-corrected chi connectivity index (χ1v) is 3.04. The Bertz CT molecular complexity index is 121. The molecular formula is C8H12O. The Morgan fingerprint density at radius 2 is 1.78 bits per heavy atom. The van der Waals surface area contributed by atoms with Crippen molar-refractivity contribution in [3.8, 4) is 0 Å². The summed E-state index contributed by atoms with van der Waals surface area (Å²) in [5, 5.41) is 8.17. The van der Waals surface area contributed by atoms with Crippen LogP contribution in [0.5, 0.6) is 0 Å². The maximum atomic E-state index is 8.17. The summed E-state index contributed by atoms with van der Waals surface area (Å²) in [6.07, 6.45) is 11.3. The van der Waals surface area contributed by atoms with Gasteiger partial charge in [-0.25, -0.2) is 0 Å². The summed E-state index contributed by atoms with van der Waals surface area (Å²) in [5.74, 6) is 0. The van der Waals surface area contributed by atoms with Gasteiger partial charge < -0.3 is 5.11 Å². The fourth-order valence-electron chi connectivity index (χ4n) is 0.393. The molecule has 0 aliphatic rings. The second-order valence-electron chi connectivity index (χ2n) is 1.56. The molecule has 1 nitrogen and oxygen atoms in total. The van der Waals surface area contributed by atoms with E-state index in [1.54, 1.807) is 12.2 Å². The molecule has 0 bridgehead atoms. The lowest BCUT2D eigenvalue weighted by Crippen LogP contribution is -1.52. The van der Waals surface area contributed by atoms with E-state index in [9.17, 15) is 0 Å². The van der Waals surface area contributed by atoms with Gasteiger partial charge in [-0.05, 0) is 12.5 Å².